The van der Waals surface area contributed by atoms with Crippen LogP contribution in [0.4, 0.5) is 0 Å². The Morgan fingerprint density at radius 2 is 2.13 bits per heavy atom. The van der Waals surface area contributed by atoms with Crippen LogP contribution in [0.5, 0.6) is 0 Å². The van der Waals surface area contributed by atoms with Gasteiger partial charge in [0.2, 0.25) is 0 Å². The largest absolute Gasteiger partial charge is 0.480 e. The lowest BCUT2D eigenvalue weighted by Crippen LogP contribution is -2.54. The molecule has 3 nitrogen and oxygen atoms in total. The lowest BCUT2D eigenvalue weighted by molar-refractivity contribution is -0.139. The summed E-state index contributed by atoms with van der Waals surface area (Å²) in [5.41, 5.74) is 0.410. The molecule has 4 heteroatoms. The van der Waals surface area contributed by atoms with Crippen molar-refractivity contribution >= 4 is 17.7 Å². The van der Waals surface area contributed by atoms with E-state index in [2.05, 4.69) is 26.1 Å². The van der Waals surface area contributed by atoms with E-state index in [1.165, 1.54) is 6.42 Å². The minimum absolute atomic E-state index is 0.354. The number of carboxylic acid groups (broad SMARTS) is 1. The molecule has 15 heavy (non-hydrogen) atoms. The van der Waals surface area contributed by atoms with Crippen LogP contribution in [0.3, 0.4) is 0 Å². The van der Waals surface area contributed by atoms with E-state index in [0.717, 1.165) is 0 Å². The van der Waals surface area contributed by atoms with Gasteiger partial charge < -0.3 is 5.11 Å². The third kappa shape index (κ3) is 2.16. The molecule has 2 fully saturated rings. The third-order valence-corrected chi connectivity index (χ3v) is 5.09. The maximum Gasteiger partial charge on any atom is 0.321 e. The summed E-state index contributed by atoms with van der Waals surface area (Å²) < 4.78 is 0. The maximum absolute atomic E-state index is 10.9. The van der Waals surface area contributed by atoms with Crippen molar-refractivity contribution in [2.75, 3.05) is 5.75 Å². The van der Waals surface area contributed by atoms with Gasteiger partial charge in [0.15, 0.2) is 0 Å². The number of rotatable bonds is 2. The van der Waals surface area contributed by atoms with Crippen LogP contribution in [0.25, 0.3) is 0 Å². The summed E-state index contributed by atoms with van der Waals surface area (Å²) in [5.74, 6) is 0.639. The number of hydrogen-bond acceptors (Lipinski definition) is 3. The van der Waals surface area contributed by atoms with E-state index < -0.39 is 5.97 Å². The fourth-order valence-electron chi connectivity index (χ4n) is 2.47. The van der Waals surface area contributed by atoms with Gasteiger partial charge in [0.05, 0.1) is 0 Å². The molecule has 0 amide bonds. The average Bonchev–Trinajstić information content (AvgIpc) is 2.75. The van der Waals surface area contributed by atoms with Crippen LogP contribution in [-0.4, -0.2) is 34.2 Å². The molecule has 4 atom stereocenters. The molecule has 0 aromatic carbocycles. The van der Waals surface area contributed by atoms with Gasteiger partial charge in [-0.15, -0.1) is 0 Å². The Morgan fingerprint density at radius 1 is 1.53 bits per heavy atom. The predicted octanol–water partition coefficient (Wildman–Crippen LogP) is 1.58. The van der Waals surface area contributed by atoms with E-state index in [-0.39, 0.29) is 6.04 Å². The Labute approximate surface area is 95.0 Å². The quantitative estimate of drug-likeness (QED) is 0.755. The molecule has 4 unspecified atom stereocenters. The SMILES string of the molecule is CC1SCC(C(=O)O)NC1C1CC1(C)C. The van der Waals surface area contributed by atoms with E-state index in [0.29, 0.717) is 28.4 Å². The second-order valence-corrected chi connectivity index (χ2v) is 6.83. The Morgan fingerprint density at radius 3 is 2.60 bits per heavy atom. The fraction of sp³-hybridized carbons (Fsp3) is 0.909. The van der Waals surface area contributed by atoms with Crippen molar-refractivity contribution in [3.63, 3.8) is 0 Å². The van der Waals surface area contributed by atoms with Gasteiger partial charge in [0.25, 0.3) is 0 Å². The van der Waals surface area contributed by atoms with Crippen LogP contribution in [0, 0.1) is 11.3 Å². The highest BCUT2D eigenvalue weighted by atomic mass is 32.2. The van der Waals surface area contributed by atoms with Crippen molar-refractivity contribution in [1.29, 1.82) is 0 Å². The molecular weight excluding hydrogens is 210 g/mol. The minimum Gasteiger partial charge on any atom is -0.480 e. The second kappa shape index (κ2) is 3.67. The number of hydrogen-bond donors (Lipinski definition) is 2. The smallest absolute Gasteiger partial charge is 0.321 e. The van der Waals surface area contributed by atoms with E-state index >= 15 is 0 Å². The monoisotopic (exact) mass is 229 g/mol. The molecule has 0 bridgehead atoms. The van der Waals surface area contributed by atoms with E-state index in [4.69, 9.17) is 5.11 Å². The van der Waals surface area contributed by atoms with Gasteiger partial charge in [-0.05, 0) is 17.8 Å². The predicted molar refractivity (Wildman–Crippen MR) is 62.2 cm³/mol. The zero-order valence-electron chi connectivity index (χ0n) is 9.49. The number of thioether (sulfide) groups is 1. The number of carbonyl (C=O) groups is 1. The Kier molecular flexibility index (Phi) is 2.75. The zero-order chi connectivity index (χ0) is 11.2. The van der Waals surface area contributed by atoms with Crippen LogP contribution >= 0.6 is 11.8 Å². The van der Waals surface area contributed by atoms with Gasteiger partial charge in [0, 0.05) is 17.0 Å². The molecule has 2 aliphatic rings. The van der Waals surface area contributed by atoms with Crippen molar-refractivity contribution in [3.8, 4) is 0 Å². The second-order valence-electron chi connectivity index (χ2n) is 5.42. The van der Waals surface area contributed by atoms with Crippen molar-refractivity contribution in [2.45, 2.75) is 44.5 Å². The normalized spacial score (nSPS) is 43.7. The zero-order valence-corrected chi connectivity index (χ0v) is 10.3. The molecule has 1 saturated carbocycles. The van der Waals surface area contributed by atoms with Crippen LogP contribution in [0.2, 0.25) is 0 Å². The van der Waals surface area contributed by atoms with Crippen molar-refractivity contribution in [3.05, 3.63) is 0 Å². The minimum atomic E-state index is -0.710. The molecule has 0 aromatic rings. The summed E-state index contributed by atoms with van der Waals surface area (Å²) in [5, 5.41) is 12.8. The molecule has 1 aliphatic heterocycles. The van der Waals surface area contributed by atoms with Crippen molar-refractivity contribution in [1.82, 2.24) is 5.32 Å². The molecular formula is C11H19NO2S. The topological polar surface area (TPSA) is 49.3 Å². The molecule has 0 radical (unpaired) electrons. The summed E-state index contributed by atoms with van der Waals surface area (Å²) in [4.78, 5) is 10.9. The van der Waals surface area contributed by atoms with Gasteiger partial charge >= 0.3 is 5.97 Å². The molecule has 1 heterocycles. The lowest BCUT2D eigenvalue weighted by Gasteiger charge is -2.34. The lowest BCUT2D eigenvalue weighted by atomic mass is 10.0. The average molecular weight is 229 g/mol. The number of nitrogens with one attached hydrogen (secondary N) is 1. The van der Waals surface area contributed by atoms with Crippen LogP contribution in [0.15, 0.2) is 0 Å². The van der Waals surface area contributed by atoms with Gasteiger partial charge in [-0.1, -0.05) is 20.8 Å². The van der Waals surface area contributed by atoms with Crippen molar-refractivity contribution in [2.24, 2.45) is 11.3 Å². The molecule has 2 rings (SSSR count). The summed E-state index contributed by atoms with van der Waals surface area (Å²) >= 11 is 1.79. The maximum atomic E-state index is 10.9. The Hall–Kier alpha value is -0.220. The first-order chi connectivity index (χ1) is 6.92. The number of aliphatic carboxylic acids is 1. The Balaban J connectivity index is 2.01. The van der Waals surface area contributed by atoms with Gasteiger partial charge in [-0.3, -0.25) is 10.1 Å². The molecule has 2 N–H and O–H groups in total. The molecule has 1 saturated heterocycles. The van der Waals surface area contributed by atoms with E-state index in [1.54, 1.807) is 11.8 Å². The first-order valence-corrected chi connectivity index (χ1v) is 6.57. The highest BCUT2D eigenvalue weighted by Crippen LogP contribution is 2.55. The first-order valence-electron chi connectivity index (χ1n) is 5.52. The standard InChI is InChI=1S/C11H19NO2S/c1-6-9(7-4-11(7,2)3)12-8(5-15-6)10(13)14/h6-9,12H,4-5H2,1-3H3,(H,13,14). The summed E-state index contributed by atoms with van der Waals surface area (Å²) in [6, 6.07) is 0.0208. The third-order valence-electron chi connectivity index (χ3n) is 3.75. The summed E-state index contributed by atoms with van der Waals surface area (Å²) in [6.07, 6.45) is 1.22. The molecule has 1 aliphatic carbocycles. The van der Waals surface area contributed by atoms with Gasteiger partial charge in [0.1, 0.15) is 6.04 Å². The summed E-state index contributed by atoms with van der Waals surface area (Å²) in [6.45, 7) is 6.73. The number of carboxylic acids is 1. The highest BCUT2D eigenvalue weighted by Gasteiger charge is 2.53. The first kappa shape index (κ1) is 11.3. The van der Waals surface area contributed by atoms with Crippen LogP contribution in [0.1, 0.15) is 27.2 Å². The van der Waals surface area contributed by atoms with Crippen molar-refractivity contribution < 1.29 is 9.90 Å². The van der Waals surface area contributed by atoms with Gasteiger partial charge in [-0.25, -0.2) is 0 Å². The fourth-order valence-corrected chi connectivity index (χ4v) is 3.68. The molecule has 0 spiro atoms. The van der Waals surface area contributed by atoms with Crippen LogP contribution in [-0.2, 0) is 4.79 Å². The Bertz CT molecular complexity index is 280. The summed E-state index contributed by atoms with van der Waals surface area (Å²) in [7, 11) is 0. The van der Waals surface area contributed by atoms with E-state index in [9.17, 15) is 4.79 Å². The van der Waals surface area contributed by atoms with Gasteiger partial charge in [-0.2, -0.15) is 11.8 Å². The van der Waals surface area contributed by atoms with Crippen LogP contribution < -0.4 is 5.32 Å². The van der Waals surface area contributed by atoms with E-state index in [1.807, 2.05) is 0 Å². The molecule has 0 aromatic heterocycles. The molecule has 86 valence electrons. The highest BCUT2D eigenvalue weighted by molar-refractivity contribution is 8.00.